The molecule has 2 N–H and O–H groups in total. The number of aromatic amines is 1. The van der Waals surface area contributed by atoms with Gasteiger partial charge < -0.3 is 9.84 Å². The van der Waals surface area contributed by atoms with E-state index in [-0.39, 0.29) is 6.61 Å². The SMILES string of the molecule is OC(COc1ccc(-c2c(Cl)ccc3[nH]nnc23)cc1)c1ccccc1. The molecule has 0 aliphatic rings. The quantitative estimate of drug-likeness (QED) is 0.550. The fourth-order valence-corrected chi connectivity index (χ4v) is 3.09. The molecule has 0 aliphatic heterocycles. The Morgan fingerprint density at radius 1 is 1.00 bits per heavy atom. The molecule has 0 amide bonds. The Kier molecular flexibility index (Phi) is 4.56. The number of hydrogen-bond donors (Lipinski definition) is 2. The largest absolute Gasteiger partial charge is 0.491 e. The van der Waals surface area contributed by atoms with Gasteiger partial charge in [-0.25, -0.2) is 0 Å². The molecular formula is C20H16ClN3O2. The fourth-order valence-electron chi connectivity index (χ4n) is 2.83. The molecule has 1 atom stereocenters. The molecule has 4 aromatic rings. The van der Waals surface area contributed by atoms with Crippen molar-refractivity contribution in [2.75, 3.05) is 6.61 Å². The van der Waals surface area contributed by atoms with E-state index in [2.05, 4.69) is 15.4 Å². The Bertz CT molecular complexity index is 1020. The lowest BCUT2D eigenvalue weighted by Gasteiger charge is -2.13. The third kappa shape index (κ3) is 3.27. The summed E-state index contributed by atoms with van der Waals surface area (Å²) in [6.07, 6.45) is -0.672. The van der Waals surface area contributed by atoms with Crippen LogP contribution in [0.15, 0.2) is 66.7 Å². The lowest BCUT2D eigenvalue weighted by Crippen LogP contribution is -2.09. The predicted molar refractivity (Wildman–Crippen MR) is 101 cm³/mol. The van der Waals surface area contributed by atoms with Crippen LogP contribution in [0.1, 0.15) is 11.7 Å². The molecule has 0 radical (unpaired) electrons. The van der Waals surface area contributed by atoms with Gasteiger partial charge >= 0.3 is 0 Å². The molecule has 1 aromatic heterocycles. The van der Waals surface area contributed by atoms with Crippen molar-refractivity contribution in [2.24, 2.45) is 0 Å². The maximum Gasteiger partial charge on any atom is 0.122 e. The molecule has 1 unspecified atom stereocenters. The second-order valence-electron chi connectivity index (χ2n) is 5.89. The topological polar surface area (TPSA) is 71.0 Å². The van der Waals surface area contributed by atoms with Crippen LogP contribution in [0.4, 0.5) is 0 Å². The number of fused-ring (bicyclic) bond motifs is 1. The third-order valence-electron chi connectivity index (χ3n) is 4.18. The minimum absolute atomic E-state index is 0.184. The van der Waals surface area contributed by atoms with Crippen LogP contribution in [0.5, 0.6) is 5.75 Å². The average molecular weight is 366 g/mol. The van der Waals surface area contributed by atoms with Crippen molar-refractivity contribution in [2.45, 2.75) is 6.10 Å². The maximum atomic E-state index is 10.2. The van der Waals surface area contributed by atoms with Gasteiger partial charge in [-0.05, 0) is 35.4 Å². The van der Waals surface area contributed by atoms with E-state index in [4.69, 9.17) is 16.3 Å². The standard InChI is InChI=1S/C20H16ClN3O2/c21-16-10-11-17-20(23-24-22-17)19(16)14-6-8-15(9-7-14)26-12-18(25)13-4-2-1-3-5-13/h1-11,18,25H,12H2,(H,22,23,24). The number of benzene rings is 3. The molecule has 26 heavy (non-hydrogen) atoms. The maximum absolute atomic E-state index is 10.2. The van der Waals surface area contributed by atoms with Gasteiger partial charge in [-0.2, -0.15) is 0 Å². The van der Waals surface area contributed by atoms with Crippen LogP contribution in [-0.2, 0) is 0 Å². The highest BCUT2D eigenvalue weighted by Gasteiger charge is 2.12. The highest BCUT2D eigenvalue weighted by Crippen LogP contribution is 2.34. The summed E-state index contributed by atoms with van der Waals surface area (Å²) in [5, 5.41) is 21.6. The van der Waals surface area contributed by atoms with Crippen LogP contribution < -0.4 is 4.74 Å². The lowest BCUT2D eigenvalue weighted by molar-refractivity contribution is 0.108. The first-order valence-electron chi connectivity index (χ1n) is 8.18. The molecule has 6 heteroatoms. The van der Waals surface area contributed by atoms with E-state index in [0.717, 1.165) is 27.7 Å². The van der Waals surface area contributed by atoms with E-state index >= 15 is 0 Å². The van der Waals surface area contributed by atoms with Gasteiger partial charge in [-0.3, -0.25) is 5.10 Å². The highest BCUT2D eigenvalue weighted by molar-refractivity contribution is 6.34. The number of aromatic nitrogens is 3. The number of H-pyrrole nitrogens is 1. The van der Waals surface area contributed by atoms with Crippen molar-refractivity contribution >= 4 is 22.6 Å². The van der Waals surface area contributed by atoms with Crippen molar-refractivity contribution in [3.05, 3.63) is 77.3 Å². The molecule has 1 heterocycles. The van der Waals surface area contributed by atoms with Crippen LogP contribution in [0, 0.1) is 0 Å². The van der Waals surface area contributed by atoms with E-state index < -0.39 is 6.10 Å². The van der Waals surface area contributed by atoms with Gasteiger partial charge in [0.1, 0.15) is 24.0 Å². The molecule has 0 spiro atoms. The number of nitrogens with one attached hydrogen (secondary N) is 1. The smallest absolute Gasteiger partial charge is 0.122 e. The highest BCUT2D eigenvalue weighted by atomic mass is 35.5. The van der Waals surface area contributed by atoms with Crippen LogP contribution in [-0.4, -0.2) is 27.1 Å². The molecule has 0 aliphatic carbocycles. The van der Waals surface area contributed by atoms with Crippen LogP contribution in [0.25, 0.3) is 22.2 Å². The Morgan fingerprint density at radius 3 is 2.54 bits per heavy atom. The van der Waals surface area contributed by atoms with Crippen molar-refractivity contribution in [3.8, 4) is 16.9 Å². The fraction of sp³-hybridized carbons (Fsp3) is 0.100. The zero-order valence-corrected chi connectivity index (χ0v) is 14.5. The average Bonchev–Trinajstić information content (AvgIpc) is 3.16. The van der Waals surface area contributed by atoms with E-state index in [1.165, 1.54) is 0 Å². The molecule has 0 saturated carbocycles. The molecule has 0 fully saturated rings. The second kappa shape index (κ2) is 7.15. The molecule has 3 aromatic carbocycles. The first-order chi connectivity index (χ1) is 12.7. The number of nitrogens with zero attached hydrogens (tertiary/aromatic N) is 2. The van der Waals surface area contributed by atoms with Crippen LogP contribution in [0.3, 0.4) is 0 Å². The Hall–Kier alpha value is -2.89. The minimum Gasteiger partial charge on any atom is -0.491 e. The predicted octanol–water partition coefficient (Wildman–Crippen LogP) is 4.39. The summed E-state index contributed by atoms with van der Waals surface area (Å²) >= 11 is 6.36. The van der Waals surface area contributed by atoms with Gasteiger partial charge in [0.2, 0.25) is 0 Å². The molecule has 0 saturated heterocycles. The summed E-state index contributed by atoms with van der Waals surface area (Å²) in [6, 6.07) is 20.6. The summed E-state index contributed by atoms with van der Waals surface area (Å²) in [7, 11) is 0. The van der Waals surface area contributed by atoms with Gasteiger partial charge in [0.05, 0.1) is 10.5 Å². The third-order valence-corrected chi connectivity index (χ3v) is 4.50. The van der Waals surface area contributed by atoms with E-state index in [9.17, 15) is 5.11 Å². The number of hydrogen-bond acceptors (Lipinski definition) is 4. The van der Waals surface area contributed by atoms with Crippen LogP contribution in [0.2, 0.25) is 5.02 Å². The van der Waals surface area contributed by atoms with Crippen molar-refractivity contribution in [1.82, 2.24) is 15.4 Å². The summed E-state index contributed by atoms with van der Waals surface area (Å²) < 4.78 is 5.70. The van der Waals surface area contributed by atoms with E-state index in [1.807, 2.05) is 66.7 Å². The normalized spacial score (nSPS) is 12.2. The Balaban J connectivity index is 1.52. The first kappa shape index (κ1) is 16.6. The van der Waals surface area contributed by atoms with Crippen LogP contribution >= 0.6 is 11.6 Å². The number of aliphatic hydroxyl groups is 1. The van der Waals surface area contributed by atoms with E-state index in [1.54, 1.807) is 0 Å². The summed E-state index contributed by atoms with van der Waals surface area (Å²) in [4.78, 5) is 0. The molecular weight excluding hydrogens is 350 g/mol. The van der Waals surface area contributed by atoms with Gasteiger partial charge in [-0.15, -0.1) is 5.10 Å². The van der Waals surface area contributed by atoms with Gasteiger partial charge in [-0.1, -0.05) is 59.3 Å². The Labute approximate surface area is 155 Å². The zero-order chi connectivity index (χ0) is 17.9. The summed E-state index contributed by atoms with van der Waals surface area (Å²) in [6.45, 7) is 0.184. The number of ether oxygens (including phenoxy) is 1. The number of rotatable bonds is 5. The van der Waals surface area contributed by atoms with Gasteiger partial charge in [0.25, 0.3) is 0 Å². The second-order valence-corrected chi connectivity index (χ2v) is 6.30. The van der Waals surface area contributed by atoms with Crippen molar-refractivity contribution in [3.63, 3.8) is 0 Å². The zero-order valence-electron chi connectivity index (χ0n) is 13.8. The molecule has 130 valence electrons. The number of halogens is 1. The van der Waals surface area contributed by atoms with Gasteiger partial charge in [0.15, 0.2) is 0 Å². The van der Waals surface area contributed by atoms with Crippen molar-refractivity contribution < 1.29 is 9.84 Å². The van der Waals surface area contributed by atoms with Gasteiger partial charge in [0, 0.05) is 5.56 Å². The monoisotopic (exact) mass is 365 g/mol. The molecule has 4 rings (SSSR count). The number of aliphatic hydroxyl groups excluding tert-OH is 1. The first-order valence-corrected chi connectivity index (χ1v) is 8.55. The van der Waals surface area contributed by atoms with E-state index in [0.29, 0.717) is 10.8 Å². The summed E-state index contributed by atoms with van der Waals surface area (Å²) in [5.41, 5.74) is 4.13. The molecule has 5 nitrogen and oxygen atoms in total. The lowest BCUT2D eigenvalue weighted by atomic mass is 10.0. The molecule has 0 bridgehead atoms. The Morgan fingerprint density at radius 2 is 1.77 bits per heavy atom. The summed E-state index contributed by atoms with van der Waals surface area (Å²) in [5.74, 6) is 0.673. The minimum atomic E-state index is -0.672. The van der Waals surface area contributed by atoms with Crippen molar-refractivity contribution in [1.29, 1.82) is 0 Å².